The van der Waals surface area contributed by atoms with E-state index in [1.165, 1.54) is 39.3 Å². The van der Waals surface area contributed by atoms with Gasteiger partial charge in [0, 0.05) is 23.2 Å². The molecule has 3 rings (SSSR count). The van der Waals surface area contributed by atoms with Crippen molar-refractivity contribution in [2.45, 2.75) is 47.5 Å². The van der Waals surface area contributed by atoms with Crippen LogP contribution in [-0.2, 0) is 12.8 Å². The molecule has 134 valence electrons. The zero-order valence-electron chi connectivity index (χ0n) is 16.5. The minimum absolute atomic E-state index is 0.997. The SMILES string of the molecule is CCc1ccc(N=Cc2cc(C)n(-c3c(C)cccc3CC)c2C)cc1. The third-order valence-electron chi connectivity index (χ3n) is 5.09. The first kappa shape index (κ1) is 18.2. The average molecular weight is 345 g/mol. The first-order valence-electron chi connectivity index (χ1n) is 9.46. The maximum absolute atomic E-state index is 4.69. The summed E-state index contributed by atoms with van der Waals surface area (Å²) >= 11 is 0. The molecule has 26 heavy (non-hydrogen) atoms. The minimum atomic E-state index is 0.997. The molecule has 3 aromatic rings. The molecule has 0 saturated heterocycles. The van der Waals surface area contributed by atoms with Gasteiger partial charge in [-0.2, -0.15) is 0 Å². The van der Waals surface area contributed by atoms with Gasteiger partial charge in [-0.15, -0.1) is 0 Å². The average Bonchev–Trinajstić information content (AvgIpc) is 2.93. The van der Waals surface area contributed by atoms with Crippen LogP contribution in [0, 0.1) is 20.8 Å². The van der Waals surface area contributed by atoms with Crippen LogP contribution in [0.2, 0.25) is 0 Å². The van der Waals surface area contributed by atoms with E-state index >= 15 is 0 Å². The molecular formula is C24H28N2. The van der Waals surface area contributed by atoms with Crippen molar-refractivity contribution in [3.8, 4) is 5.69 Å². The van der Waals surface area contributed by atoms with E-state index in [1.54, 1.807) is 0 Å². The second kappa shape index (κ2) is 7.74. The van der Waals surface area contributed by atoms with Gasteiger partial charge in [-0.05, 0) is 68.5 Å². The number of hydrogen-bond acceptors (Lipinski definition) is 1. The van der Waals surface area contributed by atoms with Gasteiger partial charge < -0.3 is 4.57 Å². The standard InChI is InChI=1S/C24H28N2/c1-6-20-11-13-23(14-12-20)25-16-22-15-18(4)26(19(22)5)24-17(3)9-8-10-21(24)7-2/h8-16H,6-7H2,1-5H3. The normalized spacial score (nSPS) is 11.4. The molecule has 0 saturated carbocycles. The Hall–Kier alpha value is -2.61. The van der Waals surface area contributed by atoms with E-state index in [4.69, 9.17) is 0 Å². The fourth-order valence-electron chi connectivity index (χ4n) is 3.55. The lowest BCUT2D eigenvalue weighted by atomic mass is 10.1. The fraction of sp³-hybridized carbons (Fsp3) is 0.292. The predicted molar refractivity (Wildman–Crippen MR) is 112 cm³/mol. The Balaban J connectivity index is 2.00. The second-order valence-electron chi connectivity index (χ2n) is 6.88. The van der Waals surface area contributed by atoms with Crippen molar-refractivity contribution < 1.29 is 0 Å². The topological polar surface area (TPSA) is 17.3 Å². The van der Waals surface area contributed by atoms with Crippen molar-refractivity contribution in [3.05, 3.63) is 82.2 Å². The number of hydrogen-bond donors (Lipinski definition) is 0. The van der Waals surface area contributed by atoms with Gasteiger partial charge in [0.1, 0.15) is 0 Å². The number of rotatable bonds is 5. The molecule has 0 amide bonds. The maximum Gasteiger partial charge on any atom is 0.0630 e. The van der Waals surface area contributed by atoms with Crippen LogP contribution >= 0.6 is 0 Å². The Morgan fingerprint density at radius 3 is 2.31 bits per heavy atom. The Labute approximate surface area is 157 Å². The molecule has 0 spiro atoms. The Morgan fingerprint density at radius 1 is 0.923 bits per heavy atom. The highest BCUT2D eigenvalue weighted by Gasteiger charge is 2.14. The van der Waals surface area contributed by atoms with Crippen molar-refractivity contribution in [2.24, 2.45) is 4.99 Å². The van der Waals surface area contributed by atoms with Crippen LogP contribution < -0.4 is 0 Å². The monoisotopic (exact) mass is 344 g/mol. The van der Waals surface area contributed by atoms with E-state index < -0.39 is 0 Å². The summed E-state index contributed by atoms with van der Waals surface area (Å²) in [6.07, 6.45) is 4.08. The summed E-state index contributed by atoms with van der Waals surface area (Å²) in [5, 5.41) is 0. The Morgan fingerprint density at radius 2 is 1.65 bits per heavy atom. The van der Waals surface area contributed by atoms with Gasteiger partial charge in [-0.25, -0.2) is 0 Å². The first-order chi connectivity index (χ1) is 12.5. The zero-order chi connectivity index (χ0) is 18.7. The summed E-state index contributed by atoms with van der Waals surface area (Å²) in [6.45, 7) is 10.9. The third-order valence-corrected chi connectivity index (χ3v) is 5.09. The van der Waals surface area contributed by atoms with Crippen molar-refractivity contribution in [2.75, 3.05) is 0 Å². The highest BCUT2D eigenvalue weighted by molar-refractivity contribution is 5.84. The zero-order valence-corrected chi connectivity index (χ0v) is 16.5. The Kier molecular flexibility index (Phi) is 5.41. The van der Waals surface area contributed by atoms with Crippen molar-refractivity contribution in [1.29, 1.82) is 0 Å². The van der Waals surface area contributed by atoms with Crippen LogP contribution in [-0.4, -0.2) is 10.8 Å². The van der Waals surface area contributed by atoms with Gasteiger partial charge in [0.25, 0.3) is 0 Å². The molecule has 0 aliphatic rings. The van der Waals surface area contributed by atoms with E-state index in [0.717, 1.165) is 18.5 Å². The quantitative estimate of drug-likeness (QED) is 0.485. The molecule has 0 aliphatic heterocycles. The molecule has 1 heterocycles. The van der Waals surface area contributed by atoms with Crippen LogP contribution in [0.1, 0.15) is 47.5 Å². The van der Waals surface area contributed by atoms with Gasteiger partial charge >= 0.3 is 0 Å². The highest BCUT2D eigenvalue weighted by atomic mass is 15.0. The molecule has 0 aliphatic carbocycles. The molecule has 2 aromatic carbocycles. The van der Waals surface area contributed by atoms with Crippen LogP contribution in [0.25, 0.3) is 5.69 Å². The number of benzene rings is 2. The molecule has 0 fully saturated rings. The van der Waals surface area contributed by atoms with Crippen molar-refractivity contribution in [1.82, 2.24) is 4.57 Å². The third kappa shape index (κ3) is 3.50. The lowest BCUT2D eigenvalue weighted by Crippen LogP contribution is -2.05. The lowest BCUT2D eigenvalue weighted by Gasteiger charge is -2.17. The van der Waals surface area contributed by atoms with Crippen LogP contribution in [0.15, 0.2) is 53.5 Å². The number of aromatic nitrogens is 1. The molecule has 1 aromatic heterocycles. The Bertz CT molecular complexity index is 928. The molecule has 0 N–H and O–H groups in total. The summed E-state index contributed by atoms with van der Waals surface area (Å²) in [6, 6.07) is 17.3. The summed E-state index contributed by atoms with van der Waals surface area (Å²) < 4.78 is 2.37. The summed E-state index contributed by atoms with van der Waals surface area (Å²) in [4.78, 5) is 4.69. The van der Waals surface area contributed by atoms with Gasteiger partial charge in [0.15, 0.2) is 0 Å². The van der Waals surface area contributed by atoms with E-state index in [1.807, 2.05) is 6.21 Å². The first-order valence-corrected chi connectivity index (χ1v) is 9.46. The maximum atomic E-state index is 4.69. The lowest BCUT2D eigenvalue weighted by molar-refractivity contribution is 0.926. The summed E-state index contributed by atoms with van der Waals surface area (Å²) in [7, 11) is 0. The van der Waals surface area contributed by atoms with Gasteiger partial charge in [0.2, 0.25) is 0 Å². The summed E-state index contributed by atoms with van der Waals surface area (Å²) in [5.74, 6) is 0. The van der Waals surface area contributed by atoms with Gasteiger partial charge in [-0.3, -0.25) is 4.99 Å². The van der Waals surface area contributed by atoms with Crippen LogP contribution in [0.5, 0.6) is 0 Å². The molecule has 2 nitrogen and oxygen atoms in total. The number of para-hydroxylation sites is 1. The van der Waals surface area contributed by atoms with Crippen LogP contribution in [0.4, 0.5) is 5.69 Å². The van der Waals surface area contributed by atoms with E-state index in [0.29, 0.717) is 0 Å². The fourth-order valence-corrected chi connectivity index (χ4v) is 3.55. The van der Waals surface area contributed by atoms with E-state index in [9.17, 15) is 0 Å². The minimum Gasteiger partial charge on any atom is -0.317 e. The molecule has 0 radical (unpaired) electrons. The van der Waals surface area contributed by atoms with E-state index in [2.05, 4.69) is 92.7 Å². The predicted octanol–water partition coefficient (Wildman–Crippen LogP) is 6.28. The number of aliphatic imine (C=N–C) groups is 1. The molecule has 0 bridgehead atoms. The second-order valence-corrected chi connectivity index (χ2v) is 6.88. The van der Waals surface area contributed by atoms with Gasteiger partial charge in [0.05, 0.1) is 11.4 Å². The molecular weight excluding hydrogens is 316 g/mol. The number of nitrogens with zero attached hydrogens (tertiary/aromatic N) is 2. The molecule has 2 heteroatoms. The number of aryl methyl sites for hydroxylation is 4. The van der Waals surface area contributed by atoms with Gasteiger partial charge in [-0.1, -0.05) is 44.2 Å². The summed E-state index contributed by atoms with van der Waals surface area (Å²) in [5.41, 5.74) is 10.0. The highest BCUT2D eigenvalue weighted by Crippen LogP contribution is 2.26. The van der Waals surface area contributed by atoms with Crippen molar-refractivity contribution in [3.63, 3.8) is 0 Å². The largest absolute Gasteiger partial charge is 0.317 e. The van der Waals surface area contributed by atoms with Crippen LogP contribution in [0.3, 0.4) is 0 Å². The van der Waals surface area contributed by atoms with E-state index in [-0.39, 0.29) is 0 Å². The smallest absolute Gasteiger partial charge is 0.0630 e. The molecule has 0 atom stereocenters. The molecule has 0 unspecified atom stereocenters. The van der Waals surface area contributed by atoms with Crippen molar-refractivity contribution >= 4 is 11.9 Å².